The lowest BCUT2D eigenvalue weighted by Gasteiger charge is -2.16. The highest BCUT2D eigenvalue weighted by Crippen LogP contribution is 2.26. The Balaban J connectivity index is 1.79. The molecule has 1 atom stereocenters. The highest BCUT2D eigenvalue weighted by molar-refractivity contribution is 5.95. The van der Waals surface area contributed by atoms with Gasteiger partial charge >= 0.3 is 0 Å². The van der Waals surface area contributed by atoms with Gasteiger partial charge in [-0.25, -0.2) is 0 Å². The van der Waals surface area contributed by atoms with E-state index < -0.39 is 5.92 Å². The topological polar surface area (TPSA) is 102 Å². The average Bonchev–Trinajstić information content (AvgIpc) is 3.22. The van der Waals surface area contributed by atoms with Crippen molar-refractivity contribution in [2.24, 2.45) is 0 Å². The minimum Gasteiger partial charge on any atom is -0.496 e. The zero-order chi connectivity index (χ0) is 19.1. The molecule has 0 aliphatic rings. The van der Waals surface area contributed by atoms with Crippen molar-refractivity contribution in [3.63, 3.8) is 0 Å². The molecule has 0 bridgehead atoms. The van der Waals surface area contributed by atoms with Crippen molar-refractivity contribution in [1.82, 2.24) is 20.6 Å². The molecule has 0 radical (unpaired) electrons. The summed E-state index contributed by atoms with van der Waals surface area (Å²) < 4.78 is 10.8. The minimum absolute atomic E-state index is 0.230. The molecule has 1 heterocycles. The number of H-pyrrole nitrogens is 1. The molecule has 3 aromatic rings. The van der Waals surface area contributed by atoms with E-state index in [0.29, 0.717) is 30.3 Å². The normalized spacial score (nSPS) is 11.6. The predicted octanol–water partition coefficient (Wildman–Crippen LogP) is 2.57. The summed E-state index contributed by atoms with van der Waals surface area (Å²) in [5, 5.41) is 16.9. The number of nitrogens with one attached hydrogen (secondary N) is 2. The van der Waals surface area contributed by atoms with Gasteiger partial charge in [-0.15, -0.1) is 10.2 Å². The molecule has 0 fully saturated rings. The van der Waals surface area contributed by atoms with Crippen molar-refractivity contribution >= 4 is 11.6 Å². The number of amides is 1. The van der Waals surface area contributed by atoms with Crippen LogP contribution in [0.2, 0.25) is 0 Å². The summed E-state index contributed by atoms with van der Waals surface area (Å²) in [6.45, 7) is 2.51. The van der Waals surface area contributed by atoms with Crippen molar-refractivity contribution in [1.29, 1.82) is 0 Å². The number of rotatable bonds is 8. The van der Waals surface area contributed by atoms with Gasteiger partial charge in [0.05, 0.1) is 13.7 Å². The Morgan fingerprint density at radius 3 is 2.63 bits per heavy atom. The van der Waals surface area contributed by atoms with Gasteiger partial charge in [-0.3, -0.25) is 4.79 Å². The Morgan fingerprint density at radius 2 is 1.96 bits per heavy atom. The smallest absolute Gasteiger partial charge is 0.235 e. The lowest BCUT2D eigenvalue weighted by atomic mass is 9.97. The number of carbonyl (C=O) groups is 1. The fraction of sp³-hybridized carbons (Fsp3) is 0.263. The Kier molecular flexibility index (Phi) is 5.98. The number of benzene rings is 2. The summed E-state index contributed by atoms with van der Waals surface area (Å²) in [6, 6.07) is 14.7. The van der Waals surface area contributed by atoms with Gasteiger partial charge in [-0.1, -0.05) is 23.4 Å². The largest absolute Gasteiger partial charge is 0.496 e. The molecular formula is C19H21N5O3. The molecular weight excluding hydrogens is 346 g/mol. The molecule has 8 nitrogen and oxygen atoms in total. The number of methoxy groups -OCH3 is 1. The first kappa shape index (κ1) is 18.4. The molecule has 0 aliphatic heterocycles. The van der Waals surface area contributed by atoms with Gasteiger partial charge in [-0.2, -0.15) is 5.21 Å². The van der Waals surface area contributed by atoms with E-state index in [4.69, 9.17) is 9.47 Å². The molecule has 140 valence electrons. The Morgan fingerprint density at radius 1 is 1.19 bits per heavy atom. The fourth-order valence-electron chi connectivity index (χ4n) is 2.74. The third kappa shape index (κ3) is 4.60. The van der Waals surface area contributed by atoms with E-state index in [0.717, 1.165) is 11.3 Å². The Bertz CT molecular complexity index is 865. The van der Waals surface area contributed by atoms with Crippen LogP contribution >= 0.6 is 0 Å². The molecule has 0 spiro atoms. The maximum Gasteiger partial charge on any atom is 0.235 e. The number of hydrogen-bond acceptors (Lipinski definition) is 6. The summed E-state index contributed by atoms with van der Waals surface area (Å²) in [5.41, 5.74) is 1.55. The maximum atomic E-state index is 12.9. The van der Waals surface area contributed by atoms with Crippen LogP contribution in [0.15, 0.2) is 48.5 Å². The van der Waals surface area contributed by atoms with Crippen molar-refractivity contribution in [2.75, 3.05) is 19.0 Å². The van der Waals surface area contributed by atoms with E-state index in [1.54, 1.807) is 19.2 Å². The number of anilines is 1. The molecule has 1 unspecified atom stereocenters. The van der Waals surface area contributed by atoms with Gasteiger partial charge in [-0.05, 0) is 49.2 Å². The summed E-state index contributed by atoms with van der Waals surface area (Å²) in [5.74, 6) is 0.932. The zero-order valence-corrected chi connectivity index (χ0v) is 15.2. The van der Waals surface area contributed by atoms with E-state index in [1.165, 1.54) is 0 Å². The highest BCUT2D eigenvalue weighted by Gasteiger charge is 2.26. The third-order valence-corrected chi connectivity index (χ3v) is 4.04. The van der Waals surface area contributed by atoms with Crippen LogP contribution in [0.1, 0.15) is 24.2 Å². The molecule has 0 saturated heterocycles. The monoisotopic (exact) mass is 367 g/mol. The van der Waals surface area contributed by atoms with Gasteiger partial charge in [0.15, 0.2) is 5.82 Å². The lowest BCUT2D eigenvalue weighted by molar-refractivity contribution is -0.117. The molecule has 1 aromatic heterocycles. The second-order valence-corrected chi connectivity index (χ2v) is 5.79. The zero-order valence-electron chi connectivity index (χ0n) is 15.2. The van der Waals surface area contributed by atoms with Gasteiger partial charge in [0, 0.05) is 5.69 Å². The summed E-state index contributed by atoms with van der Waals surface area (Å²) >= 11 is 0. The average molecular weight is 367 g/mol. The molecule has 8 heteroatoms. The number of aromatic nitrogens is 4. The number of para-hydroxylation sites is 1. The summed E-state index contributed by atoms with van der Waals surface area (Å²) in [7, 11) is 1.60. The number of nitrogens with zero attached hydrogens (tertiary/aromatic N) is 3. The van der Waals surface area contributed by atoms with Crippen molar-refractivity contribution in [3.8, 4) is 11.5 Å². The molecule has 0 aliphatic carbocycles. The second kappa shape index (κ2) is 8.79. The molecule has 2 N–H and O–H groups in total. The van der Waals surface area contributed by atoms with Gasteiger partial charge in [0.2, 0.25) is 5.91 Å². The Hall–Kier alpha value is -3.42. The standard InChI is InChI=1S/C19H21N5O3/c1-3-27-15-10-8-14(9-11-15)20-19(25)16(18-21-23-24-22-18)12-13-6-4-5-7-17(13)26-2/h4-11,16H,3,12H2,1-2H3,(H,20,25)(H,21,22,23,24). The van der Waals surface area contributed by atoms with E-state index in [1.807, 2.05) is 43.3 Å². The van der Waals surface area contributed by atoms with Gasteiger partial charge in [0.1, 0.15) is 17.4 Å². The number of aromatic amines is 1. The molecule has 27 heavy (non-hydrogen) atoms. The van der Waals surface area contributed by atoms with E-state index >= 15 is 0 Å². The van der Waals surface area contributed by atoms with Crippen LogP contribution in [0, 0.1) is 0 Å². The van der Waals surface area contributed by atoms with E-state index in [9.17, 15) is 4.79 Å². The van der Waals surface area contributed by atoms with E-state index in [2.05, 4.69) is 25.9 Å². The minimum atomic E-state index is -0.619. The Labute approximate surface area is 156 Å². The van der Waals surface area contributed by atoms with Crippen LogP contribution in [0.4, 0.5) is 5.69 Å². The summed E-state index contributed by atoms with van der Waals surface area (Å²) in [4.78, 5) is 12.9. The fourth-order valence-corrected chi connectivity index (χ4v) is 2.74. The third-order valence-electron chi connectivity index (χ3n) is 4.04. The lowest BCUT2D eigenvalue weighted by Crippen LogP contribution is -2.24. The summed E-state index contributed by atoms with van der Waals surface area (Å²) in [6.07, 6.45) is 0.381. The number of hydrogen-bond donors (Lipinski definition) is 2. The van der Waals surface area contributed by atoms with Crippen LogP contribution in [-0.4, -0.2) is 40.2 Å². The maximum absolute atomic E-state index is 12.9. The molecule has 2 aromatic carbocycles. The molecule has 0 saturated carbocycles. The first-order chi connectivity index (χ1) is 13.2. The van der Waals surface area contributed by atoms with Crippen LogP contribution in [0.3, 0.4) is 0 Å². The SMILES string of the molecule is CCOc1ccc(NC(=O)C(Cc2ccccc2OC)c2nn[nH]n2)cc1. The number of ether oxygens (including phenoxy) is 2. The number of tetrazole rings is 1. The van der Waals surface area contributed by atoms with Crippen molar-refractivity contribution in [2.45, 2.75) is 19.3 Å². The van der Waals surface area contributed by atoms with E-state index in [-0.39, 0.29) is 5.91 Å². The van der Waals surface area contributed by atoms with Crippen LogP contribution in [0.25, 0.3) is 0 Å². The van der Waals surface area contributed by atoms with Crippen LogP contribution in [-0.2, 0) is 11.2 Å². The number of carbonyl (C=O) groups excluding carboxylic acids is 1. The second-order valence-electron chi connectivity index (χ2n) is 5.79. The van der Waals surface area contributed by atoms with Gasteiger partial charge < -0.3 is 14.8 Å². The first-order valence-electron chi connectivity index (χ1n) is 8.60. The molecule has 1 amide bonds. The predicted molar refractivity (Wildman–Crippen MR) is 99.9 cm³/mol. The van der Waals surface area contributed by atoms with Crippen molar-refractivity contribution in [3.05, 3.63) is 59.9 Å². The van der Waals surface area contributed by atoms with Crippen LogP contribution in [0.5, 0.6) is 11.5 Å². The first-order valence-corrected chi connectivity index (χ1v) is 8.60. The molecule has 3 rings (SSSR count). The highest BCUT2D eigenvalue weighted by atomic mass is 16.5. The van der Waals surface area contributed by atoms with Crippen molar-refractivity contribution < 1.29 is 14.3 Å². The van der Waals surface area contributed by atoms with Crippen LogP contribution < -0.4 is 14.8 Å². The quantitative estimate of drug-likeness (QED) is 0.634. The van der Waals surface area contributed by atoms with Gasteiger partial charge in [0.25, 0.3) is 0 Å².